The number of hydrogen-bond donors (Lipinski definition) is 3. The van der Waals surface area contributed by atoms with E-state index in [4.69, 9.17) is 5.73 Å². The predicted molar refractivity (Wildman–Crippen MR) is 81.6 cm³/mol. The van der Waals surface area contributed by atoms with Crippen molar-refractivity contribution in [3.63, 3.8) is 0 Å². The van der Waals surface area contributed by atoms with Gasteiger partial charge in [-0.3, -0.25) is 0 Å². The van der Waals surface area contributed by atoms with Crippen LogP contribution in [0.4, 0.5) is 11.6 Å². The van der Waals surface area contributed by atoms with Crippen molar-refractivity contribution in [3.8, 4) is 0 Å². The van der Waals surface area contributed by atoms with Crippen LogP contribution in [0.1, 0.15) is 58.2 Å². The minimum absolute atomic E-state index is 0.233. The van der Waals surface area contributed by atoms with E-state index in [-0.39, 0.29) is 5.92 Å². The molecule has 5 nitrogen and oxygen atoms in total. The maximum atomic E-state index is 10.6. The molecular weight excluding hydrogens is 252 g/mol. The Bertz CT molecular complexity index is 463. The zero-order valence-electron chi connectivity index (χ0n) is 12.7. The fraction of sp³-hybridized carbons (Fsp3) is 0.733. The van der Waals surface area contributed by atoms with Crippen molar-refractivity contribution in [2.24, 2.45) is 5.92 Å². The lowest BCUT2D eigenvalue weighted by atomic mass is 9.79. The number of nitrogen functional groups attached to an aromatic ring is 1. The van der Waals surface area contributed by atoms with Crippen molar-refractivity contribution in [2.45, 2.75) is 58.0 Å². The number of anilines is 2. The fourth-order valence-corrected chi connectivity index (χ4v) is 2.88. The molecule has 0 aliphatic heterocycles. The second-order valence-electron chi connectivity index (χ2n) is 6.47. The van der Waals surface area contributed by atoms with Crippen molar-refractivity contribution in [2.75, 3.05) is 17.6 Å². The number of aliphatic hydroxyl groups is 1. The van der Waals surface area contributed by atoms with E-state index in [1.807, 2.05) is 13.8 Å². The minimum atomic E-state index is -0.630. The van der Waals surface area contributed by atoms with Gasteiger partial charge in [-0.25, -0.2) is 9.97 Å². The first-order valence-electron chi connectivity index (χ1n) is 7.49. The van der Waals surface area contributed by atoms with Gasteiger partial charge in [-0.05, 0) is 18.8 Å². The molecule has 1 heterocycles. The number of nitrogens with two attached hydrogens (primary N) is 1. The number of nitrogens with one attached hydrogen (secondary N) is 1. The molecule has 2 rings (SSSR count). The van der Waals surface area contributed by atoms with Crippen molar-refractivity contribution in [1.29, 1.82) is 0 Å². The third-order valence-electron chi connectivity index (χ3n) is 3.95. The predicted octanol–water partition coefficient (Wildman–Crippen LogP) is 2.54. The van der Waals surface area contributed by atoms with Crippen LogP contribution in [-0.4, -0.2) is 27.2 Å². The van der Waals surface area contributed by atoms with Gasteiger partial charge in [0.1, 0.15) is 17.5 Å². The van der Waals surface area contributed by atoms with Crippen molar-refractivity contribution < 1.29 is 5.11 Å². The molecule has 1 aromatic rings. The van der Waals surface area contributed by atoms with E-state index >= 15 is 0 Å². The molecule has 1 saturated carbocycles. The smallest absolute Gasteiger partial charge is 0.135 e. The Morgan fingerprint density at radius 2 is 2.25 bits per heavy atom. The lowest BCUT2D eigenvalue weighted by Crippen LogP contribution is -2.41. The van der Waals surface area contributed by atoms with Gasteiger partial charge in [0.05, 0.1) is 5.60 Å². The van der Waals surface area contributed by atoms with Crippen LogP contribution >= 0.6 is 0 Å². The number of aromatic nitrogens is 2. The summed E-state index contributed by atoms with van der Waals surface area (Å²) in [6.07, 6.45) is 3.99. The third-order valence-corrected chi connectivity index (χ3v) is 3.95. The van der Waals surface area contributed by atoms with Crippen LogP contribution in [0.2, 0.25) is 0 Å². The van der Waals surface area contributed by atoms with Crippen LogP contribution in [-0.2, 0) is 0 Å². The molecule has 0 saturated heterocycles. The van der Waals surface area contributed by atoms with E-state index in [0.29, 0.717) is 24.1 Å². The van der Waals surface area contributed by atoms with Gasteiger partial charge in [-0.1, -0.05) is 33.6 Å². The normalized spacial score (nSPS) is 26.8. The maximum absolute atomic E-state index is 10.6. The summed E-state index contributed by atoms with van der Waals surface area (Å²) in [6.45, 7) is 6.79. The van der Waals surface area contributed by atoms with Crippen LogP contribution in [0.3, 0.4) is 0 Å². The van der Waals surface area contributed by atoms with Crippen LogP contribution < -0.4 is 11.1 Å². The molecule has 1 aliphatic carbocycles. The molecule has 0 radical (unpaired) electrons. The molecule has 4 N–H and O–H groups in total. The molecule has 0 spiro atoms. The third kappa shape index (κ3) is 3.82. The van der Waals surface area contributed by atoms with Crippen LogP contribution in [0.15, 0.2) is 6.07 Å². The average molecular weight is 278 g/mol. The minimum Gasteiger partial charge on any atom is -0.388 e. The summed E-state index contributed by atoms with van der Waals surface area (Å²) in [4.78, 5) is 8.68. The summed E-state index contributed by atoms with van der Waals surface area (Å²) in [5.41, 5.74) is 5.18. The molecule has 5 heteroatoms. The first-order chi connectivity index (χ1) is 9.38. The van der Waals surface area contributed by atoms with Gasteiger partial charge in [0.15, 0.2) is 0 Å². The quantitative estimate of drug-likeness (QED) is 0.788. The van der Waals surface area contributed by atoms with Gasteiger partial charge in [-0.15, -0.1) is 0 Å². The highest BCUT2D eigenvalue weighted by Crippen LogP contribution is 2.32. The molecule has 20 heavy (non-hydrogen) atoms. The van der Waals surface area contributed by atoms with E-state index in [1.165, 1.54) is 6.42 Å². The summed E-state index contributed by atoms with van der Waals surface area (Å²) in [5, 5.41) is 13.8. The Morgan fingerprint density at radius 1 is 1.50 bits per heavy atom. The highest BCUT2D eigenvalue weighted by atomic mass is 16.3. The number of rotatable bonds is 4. The number of hydrogen-bond acceptors (Lipinski definition) is 5. The first kappa shape index (κ1) is 15.0. The van der Waals surface area contributed by atoms with E-state index in [1.54, 1.807) is 6.07 Å². The molecule has 1 fully saturated rings. The summed E-state index contributed by atoms with van der Waals surface area (Å²) in [7, 11) is 0. The lowest BCUT2D eigenvalue weighted by molar-refractivity contribution is -0.000831. The Balaban J connectivity index is 2.03. The molecule has 0 aromatic carbocycles. The fourth-order valence-electron chi connectivity index (χ4n) is 2.88. The largest absolute Gasteiger partial charge is 0.388 e. The average Bonchev–Trinajstić information content (AvgIpc) is 2.35. The Morgan fingerprint density at radius 3 is 2.90 bits per heavy atom. The molecule has 2 atom stereocenters. The SMILES string of the molecule is CC1CCCC(O)(CNc2cc(N)nc(C(C)C)n2)C1. The van der Waals surface area contributed by atoms with Gasteiger partial charge in [-0.2, -0.15) is 0 Å². The van der Waals surface area contributed by atoms with Gasteiger partial charge in [0, 0.05) is 18.5 Å². The lowest BCUT2D eigenvalue weighted by Gasteiger charge is -2.35. The Hall–Kier alpha value is -1.36. The molecule has 2 unspecified atom stereocenters. The van der Waals surface area contributed by atoms with Gasteiger partial charge < -0.3 is 16.2 Å². The van der Waals surface area contributed by atoms with Gasteiger partial charge in [0.2, 0.25) is 0 Å². The molecule has 0 bridgehead atoms. The van der Waals surface area contributed by atoms with Crippen molar-refractivity contribution in [1.82, 2.24) is 9.97 Å². The zero-order valence-corrected chi connectivity index (χ0v) is 12.7. The molecule has 0 amide bonds. The first-order valence-corrected chi connectivity index (χ1v) is 7.49. The summed E-state index contributed by atoms with van der Waals surface area (Å²) in [6, 6.07) is 1.72. The monoisotopic (exact) mass is 278 g/mol. The van der Waals surface area contributed by atoms with Crippen molar-refractivity contribution >= 4 is 11.6 Å². The van der Waals surface area contributed by atoms with E-state index in [0.717, 1.165) is 25.1 Å². The topological polar surface area (TPSA) is 84.1 Å². The van der Waals surface area contributed by atoms with E-state index < -0.39 is 5.60 Å². The summed E-state index contributed by atoms with van der Waals surface area (Å²) >= 11 is 0. The highest BCUT2D eigenvalue weighted by Gasteiger charge is 2.32. The van der Waals surface area contributed by atoms with E-state index in [9.17, 15) is 5.11 Å². The second kappa shape index (κ2) is 5.95. The second-order valence-corrected chi connectivity index (χ2v) is 6.47. The van der Waals surface area contributed by atoms with Crippen LogP contribution in [0.5, 0.6) is 0 Å². The zero-order chi connectivity index (χ0) is 14.8. The molecule has 1 aromatic heterocycles. The summed E-state index contributed by atoms with van der Waals surface area (Å²) < 4.78 is 0. The Kier molecular flexibility index (Phi) is 4.48. The molecular formula is C15H26N4O. The maximum Gasteiger partial charge on any atom is 0.135 e. The van der Waals surface area contributed by atoms with Gasteiger partial charge in [0.25, 0.3) is 0 Å². The Labute approximate surface area is 121 Å². The van der Waals surface area contributed by atoms with Crippen LogP contribution in [0, 0.1) is 5.92 Å². The molecule has 1 aliphatic rings. The van der Waals surface area contributed by atoms with Crippen LogP contribution in [0.25, 0.3) is 0 Å². The molecule has 112 valence electrons. The van der Waals surface area contributed by atoms with Crippen molar-refractivity contribution in [3.05, 3.63) is 11.9 Å². The van der Waals surface area contributed by atoms with E-state index in [2.05, 4.69) is 22.2 Å². The van der Waals surface area contributed by atoms with Gasteiger partial charge >= 0.3 is 0 Å². The highest BCUT2D eigenvalue weighted by molar-refractivity contribution is 5.45. The standard InChI is InChI=1S/C15H26N4O/c1-10(2)14-18-12(16)7-13(19-14)17-9-15(20)6-4-5-11(3)8-15/h7,10-11,20H,4-6,8-9H2,1-3H3,(H3,16,17,18,19). The summed E-state index contributed by atoms with van der Waals surface area (Å²) in [5.74, 6) is 2.72. The number of nitrogens with zero attached hydrogens (tertiary/aromatic N) is 2.